The van der Waals surface area contributed by atoms with E-state index in [0.29, 0.717) is 19.0 Å². The van der Waals surface area contributed by atoms with Crippen molar-refractivity contribution < 1.29 is 13.2 Å². The second-order valence-corrected chi connectivity index (χ2v) is 7.28. The van der Waals surface area contributed by atoms with Gasteiger partial charge >= 0.3 is 0 Å². The summed E-state index contributed by atoms with van der Waals surface area (Å²) in [5.74, 6) is 0.430. The first-order valence-corrected chi connectivity index (χ1v) is 9.12. The van der Waals surface area contributed by atoms with E-state index in [0.717, 1.165) is 52.0 Å². The Bertz CT molecular complexity index is 333. The largest absolute Gasteiger partial charge is 0.380 e. The van der Waals surface area contributed by atoms with Crippen LogP contribution in [0.1, 0.15) is 32.6 Å². The Hall–Kier alpha value is -0.170. The van der Waals surface area contributed by atoms with Crippen LogP contribution in [0.15, 0.2) is 0 Å². The van der Waals surface area contributed by atoms with Crippen molar-refractivity contribution in [3.8, 4) is 0 Å². The van der Waals surface area contributed by atoms with Crippen molar-refractivity contribution in [1.29, 1.82) is 0 Å². The standard InChI is InChI=1S/C13H28N2O3S/c1-3-4-9-18-10-7-14-11-13-6-5-8-15(12-13)19(2,16)17/h13-14H,3-12H2,1-2H3. The summed E-state index contributed by atoms with van der Waals surface area (Å²) in [6, 6.07) is 0. The van der Waals surface area contributed by atoms with E-state index in [9.17, 15) is 8.42 Å². The summed E-state index contributed by atoms with van der Waals surface area (Å²) in [6.45, 7) is 6.78. The molecule has 1 atom stereocenters. The lowest BCUT2D eigenvalue weighted by atomic mass is 10.00. The van der Waals surface area contributed by atoms with Crippen molar-refractivity contribution >= 4 is 10.0 Å². The molecule has 1 saturated heterocycles. The van der Waals surface area contributed by atoms with Crippen LogP contribution < -0.4 is 5.32 Å². The second kappa shape index (κ2) is 8.89. The summed E-state index contributed by atoms with van der Waals surface area (Å²) in [6.07, 6.45) is 5.65. The summed E-state index contributed by atoms with van der Waals surface area (Å²) in [4.78, 5) is 0. The Morgan fingerprint density at radius 2 is 2.16 bits per heavy atom. The summed E-state index contributed by atoms with van der Waals surface area (Å²) < 4.78 is 30.1. The van der Waals surface area contributed by atoms with Gasteiger partial charge in [-0.3, -0.25) is 0 Å². The molecule has 0 bridgehead atoms. The maximum Gasteiger partial charge on any atom is 0.211 e. The van der Waals surface area contributed by atoms with Gasteiger partial charge in [-0.2, -0.15) is 0 Å². The van der Waals surface area contributed by atoms with Gasteiger partial charge in [-0.1, -0.05) is 13.3 Å². The minimum Gasteiger partial charge on any atom is -0.380 e. The van der Waals surface area contributed by atoms with Crippen LogP contribution in [0.4, 0.5) is 0 Å². The summed E-state index contributed by atoms with van der Waals surface area (Å²) >= 11 is 0. The van der Waals surface area contributed by atoms with Crippen LogP contribution in [0, 0.1) is 5.92 Å². The molecule has 19 heavy (non-hydrogen) atoms. The van der Waals surface area contributed by atoms with Crippen molar-refractivity contribution in [3.05, 3.63) is 0 Å². The van der Waals surface area contributed by atoms with Crippen LogP contribution >= 0.6 is 0 Å². The fourth-order valence-electron chi connectivity index (χ4n) is 2.29. The van der Waals surface area contributed by atoms with Crippen LogP contribution in [-0.2, 0) is 14.8 Å². The zero-order valence-corrected chi connectivity index (χ0v) is 13.0. The number of hydrogen-bond donors (Lipinski definition) is 1. The number of hydrogen-bond acceptors (Lipinski definition) is 4. The third-order valence-corrected chi connectivity index (χ3v) is 4.72. The number of rotatable bonds is 9. The fourth-order valence-corrected chi connectivity index (χ4v) is 3.24. The number of unbranched alkanes of at least 4 members (excludes halogenated alkanes) is 1. The van der Waals surface area contributed by atoms with Gasteiger partial charge in [-0.15, -0.1) is 0 Å². The van der Waals surface area contributed by atoms with E-state index in [1.165, 1.54) is 6.26 Å². The van der Waals surface area contributed by atoms with E-state index >= 15 is 0 Å². The molecule has 1 fully saturated rings. The first kappa shape index (κ1) is 16.9. The van der Waals surface area contributed by atoms with Crippen LogP contribution in [0.5, 0.6) is 0 Å². The quantitative estimate of drug-likeness (QED) is 0.646. The zero-order valence-electron chi connectivity index (χ0n) is 12.2. The van der Waals surface area contributed by atoms with Crippen molar-refractivity contribution in [2.75, 3.05) is 45.6 Å². The number of ether oxygens (including phenoxy) is 1. The summed E-state index contributed by atoms with van der Waals surface area (Å²) in [5.41, 5.74) is 0. The molecule has 1 N–H and O–H groups in total. The van der Waals surface area contributed by atoms with Crippen molar-refractivity contribution in [3.63, 3.8) is 0 Å². The van der Waals surface area contributed by atoms with Crippen LogP contribution in [0.2, 0.25) is 0 Å². The van der Waals surface area contributed by atoms with Gasteiger partial charge < -0.3 is 10.1 Å². The van der Waals surface area contributed by atoms with Crippen LogP contribution in [0.3, 0.4) is 0 Å². The van der Waals surface area contributed by atoms with Gasteiger partial charge in [0.05, 0.1) is 12.9 Å². The third kappa shape index (κ3) is 7.25. The summed E-state index contributed by atoms with van der Waals surface area (Å²) in [7, 11) is -3.02. The van der Waals surface area contributed by atoms with Gasteiger partial charge in [0.25, 0.3) is 0 Å². The molecule has 0 aromatic carbocycles. The maximum atomic E-state index is 11.5. The van der Waals surface area contributed by atoms with Gasteiger partial charge in [0.15, 0.2) is 0 Å². The average molecular weight is 292 g/mol. The second-order valence-electron chi connectivity index (χ2n) is 5.30. The van der Waals surface area contributed by atoms with Crippen molar-refractivity contribution in [1.82, 2.24) is 9.62 Å². The highest BCUT2D eigenvalue weighted by Crippen LogP contribution is 2.17. The predicted octanol–water partition coefficient (Wildman–Crippen LogP) is 1.06. The number of sulfonamides is 1. The Kier molecular flexibility index (Phi) is 7.90. The molecule has 1 aliphatic heterocycles. The normalized spacial score (nSPS) is 21.7. The van der Waals surface area contributed by atoms with Crippen molar-refractivity contribution in [2.24, 2.45) is 5.92 Å². The predicted molar refractivity (Wildman–Crippen MR) is 77.7 cm³/mol. The lowest BCUT2D eigenvalue weighted by molar-refractivity contribution is 0.131. The minimum absolute atomic E-state index is 0.430. The molecule has 0 saturated carbocycles. The van der Waals surface area contributed by atoms with E-state index in [1.54, 1.807) is 4.31 Å². The van der Waals surface area contributed by atoms with Crippen LogP contribution in [-0.4, -0.2) is 58.4 Å². The Labute approximate surface area is 117 Å². The number of piperidine rings is 1. The molecular weight excluding hydrogens is 264 g/mol. The lowest BCUT2D eigenvalue weighted by Crippen LogP contribution is -2.42. The number of nitrogens with one attached hydrogen (secondary N) is 1. The molecule has 1 rings (SSSR count). The molecule has 114 valence electrons. The molecule has 0 aliphatic carbocycles. The van der Waals surface area contributed by atoms with Gasteiger partial charge in [-0.05, 0) is 31.7 Å². The number of nitrogens with zero attached hydrogens (tertiary/aromatic N) is 1. The van der Waals surface area contributed by atoms with Crippen LogP contribution in [0.25, 0.3) is 0 Å². The molecule has 0 radical (unpaired) electrons. The highest BCUT2D eigenvalue weighted by Gasteiger charge is 2.25. The molecule has 6 heteroatoms. The summed E-state index contributed by atoms with van der Waals surface area (Å²) in [5, 5.41) is 3.36. The Balaban J connectivity index is 2.09. The molecule has 5 nitrogen and oxygen atoms in total. The topological polar surface area (TPSA) is 58.6 Å². The molecular formula is C13H28N2O3S. The maximum absolute atomic E-state index is 11.5. The highest BCUT2D eigenvalue weighted by atomic mass is 32.2. The van der Waals surface area contributed by atoms with E-state index in [2.05, 4.69) is 12.2 Å². The SMILES string of the molecule is CCCCOCCNCC1CCCN(S(C)(=O)=O)C1. The first-order chi connectivity index (χ1) is 9.04. The zero-order chi connectivity index (χ0) is 14.1. The Morgan fingerprint density at radius 1 is 1.37 bits per heavy atom. The Morgan fingerprint density at radius 3 is 2.84 bits per heavy atom. The smallest absolute Gasteiger partial charge is 0.211 e. The molecule has 0 spiro atoms. The van der Waals surface area contributed by atoms with Gasteiger partial charge in [0.2, 0.25) is 10.0 Å². The minimum atomic E-state index is -3.02. The molecule has 0 aromatic heterocycles. The molecule has 1 heterocycles. The van der Waals surface area contributed by atoms with Crippen molar-refractivity contribution in [2.45, 2.75) is 32.6 Å². The monoisotopic (exact) mass is 292 g/mol. The van der Waals surface area contributed by atoms with E-state index in [1.807, 2.05) is 0 Å². The first-order valence-electron chi connectivity index (χ1n) is 7.27. The van der Waals surface area contributed by atoms with E-state index < -0.39 is 10.0 Å². The van der Waals surface area contributed by atoms with E-state index in [-0.39, 0.29) is 0 Å². The third-order valence-electron chi connectivity index (χ3n) is 3.45. The average Bonchev–Trinajstić information content (AvgIpc) is 2.37. The van der Waals surface area contributed by atoms with Gasteiger partial charge in [0.1, 0.15) is 0 Å². The molecule has 0 amide bonds. The molecule has 1 unspecified atom stereocenters. The lowest BCUT2D eigenvalue weighted by Gasteiger charge is -2.31. The fraction of sp³-hybridized carbons (Fsp3) is 1.00. The molecule has 1 aliphatic rings. The van der Waals surface area contributed by atoms with Gasteiger partial charge in [-0.25, -0.2) is 12.7 Å². The molecule has 0 aromatic rings. The van der Waals surface area contributed by atoms with Gasteiger partial charge in [0, 0.05) is 26.2 Å². The van der Waals surface area contributed by atoms with E-state index in [4.69, 9.17) is 4.74 Å². The highest BCUT2D eigenvalue weighted by molar-refractivity contribution is 7.88.